The Morgan fingerprint density at radius 3 is 2.06 bits per heavy atom. The molecule has 3 aromatic rings. The molecule has 160 valence electrons. The molecule has 0 heterocycles. The van der Waals surface area contributed by atoms with E-state index in [-0.39, 0.29) is 11.4 Å². The monoisotopic (exact) mass is 435 g/mol. The van der Waals surface area contributed by atoms with Gasteiger partial charge in [0.1, 0.15) is 11.6 Å². The third-order valence-electron chi connectivity index (χ3n) is 4.03. The number of nitrogens with one attached hydrogen (secondary N) is 3. The Bertz CT molecular complexity index is 1130. The predicted octanol–water partition coefficient (Wildman–Crippen LogP) is 5.88. The van der Waals surface area contributed by atoms with Gasteiger partial charge in [-0.05, 0) is 48.5 Å². The number of urea groups is 1. The summed E-state index contributed by atoms with van der Waals surface area (Å²) in [5, 5.41) is 6.51. The van der Waals surface area contributed by atoms with Crippen molar-refractivity contribution >= 4 is 29.0 Å². The maximum atomic E-state index is 13.7. The second kappa shape index (κ2) is 8.82. The highest BCUT2D eigenvalue weighted by Gasteiger charge is 2.34. The van der Waals surface area contributed by atoms with Crippen LogP contribution in [0.3, 0.4) is 0 Å². The maximum Gasteiger partial charge on any atom is 0.418 e. The molecule has 31 heavy (non-hydrogen) atoms. The zero-order chi connectivity index (χ0) is 22.6. The highest BCUT2D eigenvalue weighted by molar-refractivity contribution is 6.05. The van der Waals surface area contributed by atoms with E-state index >= 15 is 0 Å². The van der Waals surface area contributed by atoms with Crippen LogP contribution in [0.25, 0.3) is 0 Å². The highest BCUT2D eigenvalue weighted by Crippen LogP contribution is 2.37. The molecule has 0 aliphatic heterocycles. The topological polar surface area (TPSA) is 70.2 Å². The molecule has 0 aliphatic rings. The lowest BCUT2D eigenvalue weighted by Gasteiger charge is -2.16. The van der Waals surface area contributed by atoms with Gasteiger partial charge in [-0.2, -0.15) is 13.2 Å². The Labute approximate surface area is 172 Å². The van der Waals surface area contributed by atoms with Crippen LogP contribution in [0.15, 0.2) is 66.7 Å². The molecule has 3 amide bonds. The first-order valence-electron chi connectivity index (χ1n) is 8.74. The number of alkyl halides is 3. The normalized spacial score (nSPS) is 11.0. The number of rotatable bonds is 4. The van der Waals surface area contributed by atoms with Crippen LogP contribution in [0.4, 0.5) is 43.8 Å². The van der Waals surface area contributed by atoms with Gasteiger partial charge in [0, 0.05) is 11.4 Å². The number of carbonyl (C=O) groups is 2. The molecule has 0 aromatic heterocycles. The van der Waals surface area contributed by atoms with E-state index in [0.29, 0.717) is 6.07 Å². The highest BCUT2D eigenvalue weighted by atomic mass is 19.4. The number of hydrogen-bond donors (Lipinski definition) is 3. The molecule has 0 saturated heterocycles. The molecule has 5 nitrogen and oxygen atoms in total. The molecular formula is C21H14F5N3O2. The molecule has 0 radical (unpaired) electrons. The fourth-order valence-corrected chi connectivity index (χ4v) is 2.66. The predicted molar refractivity (Wildman–Crippen MR) is 105 cm³/mol. The number of carbonyl (C=O) groups excluding carboxylic acids is 2. The Kier molecular flexibility index (Phi) is 6.19. The first-order chi connectivity index (χ1) is 14.6. The number of hydrogen-bond acceptors (Lipinski definition) is 2. The van der Waals surface area contributed by atoms with Gasteiger partial charge in [0.15, 0.2) is 0 Å². The van der Waals surface area contributed by atoms with Crippen LogP contribution in [0.2, 0.25) is 0 Å². The molecule has 0 fully saturated rings. The SMILES string of the molecule is O=C(Nc1cccc(F)c1)Nc1ccc(NC(=O)c2ccccc2F)c(C(F)(F)F)c1. The summed E-state index contributed by atoms with van der Waals surface area (Å²) in [6.45, 7) is 0. The molecule has 0 aliphatic carbocycles. The number of anilines is 3. The molecule has 3 aromatic carbocycles. The number of halogens is 5. The zero-order valence-electron chi connectivity index (χ0n) is 15.6. The van der Waals surface area contributed by atoms with Crippen molar-refractivity contribution in [3.63, 3.8) is 0 Å². The Morgan fingerprint density at radius 2 is 1.42 bits per heavy atom. The second-order valence-corrected chi connectivity index (χ2v) is 6.28. The number of benzene rings is 3. The average Bonchev–Trinajstić information content (AvgIpc) is 2.68. The molecule has 0 unspecified atom stereocenters. The van der Waals surface area contributed by atoms with E-state index in [0.717, 1.165) is 36.4 Å². The van der Waals surface area contributed by atoms with Gasteiger partial charge in [-0.25, -0.2) is 13.6 Å². The zero-order valence-corrected chi connectivity index (χ0v) is 15.6. The minimum absolute atomic E-state index is 0.0994. The van der Waals surface area contributed by atoms with Gasteiger partial charge in [-0.1, -0.05) is 18.2 Å². The summed E-state index contributed by atoms with van der Waals surface area (Å²) in [4.78, 5) is 24.2. The molecule has 3 N–H and O–H groups in total. The molecule has 0 saturated carbocycles. The average molecular weight is 435 g/mol. The van der Waals surface area contributed by atoms with E-state index < -0.39 is 46.6 Å². The summed E-state index contributed by atoms with van der Waals surface area (Å²) in [6, 6.07) is 11.5. The van der Waals surface area contributed by atoms with Gasteiger partial charge >= 0.3 is 12.2 Å². The fourth-order valence-electron chi connectivity index (χ4n) is 2.66. The van der Waals surface area contributed by atoms with Crippen LogP contribution >= 0.6 is 0 Å². The van der Waals surface area contributed by atoms with Crippen LogP contribution in [0, 0.1) is 11.6 Å². The van der Waals surface area contributed by atoms with E-state index in [9.17, 15) is 31.5 Å². The quantitative estimate of drug-likeness (QED) is 0.448. The van der Waals surface area contributed by atoms with Crippen molar-refractivity contribution in [2.45, 2.75) is 6.18 Å². The summed E-state index contributed by atoms with van der Waals surface area (Å²) in [7, 11) is 0. The summed E-state index contributed by atoms with van der Waals surface area (Å²) in [5.74, 6) is -2.55. The van der Waals surface area contributed by atoms with Crippen molar-refractivity contribution in [3.8, 4) is 0 Å². The summed E-state index contributed by atoms with van der Waals surface area (Å²) >= 11 is 0. The van der Waals surface area contributed by atoms with Gasteiger partial charge in [-0.15, -0.1) is 0 Å². The summed E-state index contributed by atoms with van der Waals surface area (Å²) in [5.41, 5.74) is -2.42. The molecule has 10 heteroatoms. The van der Waals surface area contributed by atoms with Gasteiger partial charge in [0.05, 0.1) is 16.8 Å². The van der Waals surface area contributed by atoms with E-state index in [1.165, 1.54) is 24.3 Å². The smallest absolute Gasteiger partial charge is 0.321 e. The van der Waals surface area contributed by atoms with Gasteiger partial charge in [-0.3, -0.25) is 4.79 Å². The molecule has 0 atom stereocenters. The van der Waals surface area contributed by atoms with Gasteiger partial charge in [0.2, 0.25) is 0 Å². The molecule has 0 bridgehead atoms. The lowest BCUT2D eigenvalue weighted by atomic mass is 10.1. The fraction of sp³-hybridized carbons (Fsp3) is 0.0476. The van der Waals surface area contributed by atoms with Crippen molar-refractivity contribution in [3.05, 3.63) is 89.5 Å². The number of amides is 3. The third kappa shape index (κ3) is 5.56. The van der Waals surface area contributed by atoms with Crippen LogP contribution in [-0.4, -0.2) is 11.9 Å². The lowest BCUT2D eigenvalue weighted by Crippen LogP contribution is -2.21. The van der Waals surface area contributed by atoms with Crippen molar-refractivity contribution in [2.24, 2.45) is 0 Å². The Hall–Kier alpha value is -3.95. The van der Waals surface area contributed by atoms with E-state index in [2.05, 4.69) is 10.6 Å². The van der Waals surface area contributed by atoms with Crippen LogP contribution < -0.4 is 16.0 Å². The Morgan fingerprint density at radius 1 is 0.742 bits per heavy atom. The second-order valence-electron chi connectivity index (χ2n) is 6.28. The van der Waals surface area contributed by atoms with E-state index in [1.54, 1.807) is 0 Å². The van der Waals surface area contributed by atoms with Crippen molar-refractivity contribution in [1.82, 2.24) is 0 Å². The lowest BCUT2D eigenvalue weighted by molar-refractivity contribution is -0.136. The Balaban J connectivity index is 1.81. The van der Waals surface area contributed by atoms with Crippen molar-refractivity contribution in [1.29, 1.82) is 0 Å². The molecule has 0 spiro atoms. The summed E-state index contributed by atoms with van der Waals surface area (Å²) < 4.78 is 67.4. The van der Waals surface area contributed by atoms with Crippen molar-refractivity contribution < 1.29 is 31.5 Å². The van der Waals surface area contributed by atoms with Gasteiger partial charge < -0.3 is 16.0 Å². The first kappa shape index (κ1) is 21.8. The largest absolute Gasteiger partial charge is 0.418 e. The van der Waals surface area contributed by atoms with E-state index in [4.69, 9.17) is 0 Å². The first-order valence-corrected chi connectivity index (χ1v) is 8.74. The van der Waals surface area contributed by atoms with Crippen LogP contribution in [-0.2, 0) is 6.18 Å². The van der Waals surface area contributed by atoms with Crippen molar-refractivity contribution in [2.75, 3.05) is 16.0 Å². The van der Waals surface area contributed by atoms with E-state index in [1.807, 2.05) is 5.32 Å². The molecular weight excluding hydrogens is 421 g/mol. The minimum atomic E-state index is -4.88. The minimum Gasteiger partial charge on any atom is -0.321 e. The van der Waals surface area contributed by atoms with Crippen LogP contribution in [0.1, 0.15) is 15.9 Å². The van der Waals surface area contributed by atoms with Crippen LogP contribution in [0.5, 0.6) is 0 Å². The standard InChI is InChI=1S/C21H14F5N3O2/c22-12-4-3-5-13(10-12)27-20(31)28-14-8-9-18(16(11-14)21(24,25)26)29-19(30)15-6-1-2-7-17(15)23/h1-11H,(H,29,30)(H2,27,28,31). The maximum absolute atomic E-state index is 13.7. The summed E-state index contributed by atoms with van der Waals surface area (Å²) in [6.07, 6.45) is -4.88. The third-order valence-corrected chi connectivity index (χ3v) is 4.03. The van der Waals surface area contributed by atoms with Gasteiger partial charge in [0.25, 0.3) is 5.91 Å². The molecule has 3 rings (SSSR count).